The van der Waals surface area contributed by atoms with Gasteiger partial charge in [-0.1, -0.05) is 13.8 Å². The van der Waals surface area contributed by atoms with Crippen molar-refractivity contribution in [2.24, 2.45) is 11.7 Å². The molecule has 1 atom stereocenters. The van der Waals surface area contributed by atoms with Gasteiger partial charge in [-0.2, -0.15) is 0 Å². The van der Waals surface area contributed by atoms with Crippen LogP contribution in [0.15, 0.2) is 12.3 Å². The van der Waals surface area contributed by atoms with Crippen LogP contribution in [0.2, 0.25) is 0 Å². The minimum atomic E-state index is -0.819. The number of aromatic nitrogens is 1. The van der Waals surface area contributed by atoms with Gasteiger partial charge in [-0.25, -0.2) is 9.37 Å². The van der Waals surface area contributed by atoms with Crippen molar-refractivity contribution in [2.45, 2.75) is 26.8 Å². The summed E-state index contributed by atoms with van der Waals surface area (Å²) in [6, 6.07) is 0.249. The zero-order valence-corrected chi connectivity index (χ0v) is 11.7. The Balaban J connectivity index is 3.01. The van der Waals surface area contributed by atoms with Crippen molar-refractivity contribution < 1.29 is 14.0 Å². The maximum absolute atomic E-state index is 13.2. The fourth-order valence-corrected chi connectivity index (χ4v) is 1.71. The van der Waals surface area contributed by atoms with Crippen LogP contribution in [0.5, 0.6) is 0 Å². The van der Waals surface area contributed by atoms with Crippen LogP contribution in [-0.2, 0) is 4.79 Å². The first-order chi connectivity index (χ1) is 9.36. The highest BCUT2D eigenvalue weighted by molar-refractivity contribution is 6.01. The molecule has 1 aromatic heterocycles. The lowest BCUT2D eigenvalue weighted by molar-refractivity contribution is -0.120. The Morgan fingerprint density at radius 3 is 2.60 bits per heavy atom. The average Bonchev–Trinajstić information content (AvgIpc) is 2.37. The summed E-state index contributed by atoms with van der Waals surface area (Å²) in [5.41, 5.74) is 5.27. The molecule has 4 N–H and O–H groups in total. The van der Waals surface area contributed by atoms with Crippen LogP contribution in [0.1, 0.15) is 31.1 Å². The van der Waals surface area contributed by atoms with E-state index >= 15 is 0 Å². The van der Waals surface area contributed by atoms with Gasteiger partial charge >= 0.3 is 0 Å². The molecule has 7 heteroatoms. The predicted molar refractivity (Wildman–Crippen MR) is 73.6 cm³/mol. The Labute approximate surface area is 116 Å². The van der Waals surface area contributed by atoms with Crippen molar-refractivity contribution in [3.8, 4) is 0 Å². The molecule has 0 bridgehead atoms. The van der Waals surface area contributed by atoms with Gasteiger partial charge in [-0.05, 0) is 18.9 Å². The number of hydrogen-bond acceptors (Lipinski definition) is 4. The zero-order chi connectivity index (χ0) is 15.3. The van der Waals surface area contributed by atoms with E-state index in [1.54, 1.807) is 13.8 Å². The lowest BCUT2D eigenvalue weighted by Crippen LogP contribution is -2.47. The lowest BCUT2D eigenvalue weighted by Gasteiger charge is -2.19. The third kappa shape index (κ3) is 3.91. The van der Waals surface area contributed by atoms with Gasteiger partial charge in [0.05, 0.1) is 11.8 Å². The second-order valence-corrected chi connectivity index (χ2v) is 4.68. The van der Waals surface area contributed by atoms with Gasteiger partial charge in [-0.15, -0.1) is 0 Å². The van der Waals surface area contributed by atoms with Crippen molar-refractivity contribution in [1.82, 2.24) is 10.3 Å². The summed E-state index contributed by atoms with van der Waals surface area (Å²) >= 11 is 0. The molecule has 1 heterocycles. The van der Waals surface area contributed by atoms with Crippen LogP contribution in [0.4, 0.5) is 10.2 Å². The Bertz CT molecular complexity index is 505. The van der Waals surface area contributed by atoms with Gasteiger partial charge in [-0.3, -0.25) is 9.59 Å². The van der Waals surface area contributed by atoms with Crippen LogP contribution in [0.25, 0.3) is 0 Å². The van der Waals surface area contributed by atoms with Crippen LogP contribution in [-0.4, -0.2) is 29.4 Å². The number of rotatable bonds is 6. The number of nitrogens with one attached hydrogen (secondary N) is 2. The van der Waals surface area contributed by atoms with E-state index in [0.717, 1.165) is 12.3 Å². The number of hydrogen-bond donors (Lipinski definition) is 3. The second kappa shape index (κ2) is 6.83. The summed E-state index contributed by atoms with van der Waals surface area (Å²) in [6.45, 7) is 5.87. The Hall–Kier alpha value is -2.18. The quantitative estimate of drug-likeness (QED) is 0.722. The number of nitrogens with two attached hydrogens (primary N) is 1. The molecule has 20 heavy (non-hydrogen) atoms. The molecule has 0 aromatic carbocycles. The summed E-state index contributed by atoms with van der Waals surface area (Å²) in [4.78, 5) is 27.3. The molecule has 0 aliphatic carbocycles. The molecule has 0 aliphatic heterocycles. The van der Waals surface area contributed by atoms with E-state index in [0.29, 0.717) is 6.54 Å². The number of halogens is 1. The average molecular weight is 282 g/mol. The van der Waals surface area contributed by atoms with Crippen LogP contribution in [0.3, 0.4) is 0 Å². The zero-order valence-electron chi connectivity index (χ0n) is 11.7. The van der Waals surface area contributed by atoms with Gasteiger partial charge in [0.2, 0.25) is 5.91 Å². The summed E-state index contributed by atoms with van der Waals surface area (Å²) < 4.78 is 13.2. The lowest BCUT2D eigenvalue weighted by atomic mass is 10.0. The minimum absolute atomic E-state index is 0.0405. The van der Waals surface area contributed by atoms with Gasteiger partial charge in [0.15, 0.2) is 0 Å². The first kappa shape index (κ1) is 15.9. The highest BCUT2D eigenvalue weighted by atomic mass is 19.1. The summed E-state index contributed by atoms with van der Waals surface area (Å²) in [5, 5.41) is 5.36. The summed E-state index contributed by atoms with van der Waals surface area (Å²) in [7, 11) is 0. The monoisotopic (exact) mass is 282 g/mol. The third-order valence-corrected chi connectivity index (χ3v) is 2.70. The molecular formula is C13H19FN4O2. The van der Waals surface area contributed by atoms with E-state index in [9.17, 15) is 14.0 Å². The van der Waals surface area contributed by atoms with E-state index < -0.39 is 23.7 Å². The van der Waals surface area contributed by atoms with Gasteiger partial charge in [0.25, 0.3) is 5.91 Å². The van der Waals surface area contributed by atoms with Crippen LogP contribution >= 0.6 is 0 Å². The number of anilines is 1. The van der Waals surface area contributed by atoms with E-state index in [1.165, 1.54) is 0 Å². The SMILES string of the molecule is CCNc1ncc(F)cc1C(=O)NC(C(N)=O)C(C)C. The Morgan fingerprint density at radius 2 is 2.10 bits per heavy atom. The van der Waals surface area contributed by atoms with Crippen molar-refractivity contribution >= 4 is 17.6 Å². The van der Waals surface area contributed by atoms with E-state index in [-0.39, 0.29) is 17.3 Å². The van der Waals surface area contributed by atoms with Crippen molar-refractivity contribution in [3.63, 3.8) is 0 Å². The molecule has 1 aromatic rings. The Kier molecular flexibility index (Phi) is 5.42. The molecule has 2 amide bonds. The number of primary amides is 1. The van der Waals surface area contributed by atoms with Gasteiger partial charge < -0.3 is 16.4 Å². The van der Waals surface area contributed by atoms with E-state index in [2.05, 4.69) is 15.6 Å². The number of nitrogens with zero attached hydrogens (tertiary/aromatic N) is 1. The molecule has 0 aliphatic rings. The molecule has 0 fully saturated rings. The molecule has 110 valence electrons. The molecule has 1 unspecified atom stereocenters. The topological polar surface area (TPSA) is 97.1 Å². The molecule has 0 saturated carbocycles. The first-order valence-corrected chi connectivity index (χ1v) is 6.36. The number of carbonyl (C=O) groups excluding carboxylic acids is 2. The van der Waals surface area contributed by atoms with Crippen molar-refractivity contribution in [3.05, 3.63) is 23.6 Å². The van der Waals surface area contributed by atoms with Crippen molar-refractivity contribution in [1.29, 1.82) is 0 Å². The van der Waals surface area contributed by atoms with E-state index in [1.807, 2.05) is 6.92 Å². The number of carbonyl (C=O) groups is 2. The molecule has 0 spiro atoms. The summed E-state index contributed by atoms with van der Waals surface area (Å²) in [6.07, 6.45) is 1.02. The molecule has 6 nitrogen and oxygen atoms in total. The van der Waals surface area contributed by atoms with Crippen LogP contribution in [0, 0.1) is 11.7 Å². The van der Waals surface area contributed by atoms with Crippen LogP contribution < -0.4 is 16.4 Å². The van der Waals surface area contributed by atoms with Gasteiger partial charge in [0, 0.05) is 6.54 Å². The number of amides is 2. The maximum atomic E-state index is 13.2. The fourth-order valence-electron chi connectivity index (χ4n) is 1.71. The molecule has 0 saturated heterocycles. The largest absolute Gasteiger partial charge is 0.370 e. The second-order valence-electron chi connectivity index (χ2n) is 4.68. The number of pyridine rings is 1. The van der Waals surface area contributed by atoms with Crippen molar-refractivity contribution in [2.75, 3.05) is 11.9 Å². The van der Waals surface area contributed by atoms with E-state index in [4.69, 9.17) is 5.73 Å². The predicted octanol–water partition coefficient (Wildman–Crippen LogP) is 0.892. The maximum Gasteiger partial charge on any atom is 0.255 e. The third-order valence-electron chi connectivity index (χ3n) is 2.70. The molecule has 0 radical (unpaired) electrons. The molecular weight excluding hydrogens is 263 g/mol. The van der Waals surface area contributed by atoms with Gasteiger partial charge in [0.1, 0.15) is 17.7 Å². The Morgan fingerprint density at radius 1 is 1.45 bits per heavy atom. The fraction of sp³-hybridized carbons (Fsp3) is 0.462. The normalized spacial score (nSPS) is 12.1. The highest BCUT2D eigenvalue weighted by Crippen LogP contribution is 2.14. The summed E-state index contributed by atoms with van der Waals surface area (Å²) in [5.74, 6) is -1.76. The minimum Gasteiger partial charge on any atom is -0.370 e. The first-order valence-electron chi connectivity index (χ1n) is 6.36. The standard InChI is InChI=1S/C13H19FN4O2/c1-4-16-12-9(5-8(14)6-17-12)13(20)18-10(7(2)3)11(15)19/h5-7,10H,4H2,1-3H3,(H2,15,19)(H,16,17)(H,18,20). The highest BCUT2D eigenvalue weighted by Gasteiger charge is 2.24. The smallest absolute Gasteiger partial charge is 0.255 e. The molecule has 1 rings (SSSR count).